The van der Waals surface area contributed by atoms with Crippen molar-refractivity contribution in [2.24, 2.45) is 5.92 Å². The number of carbonyl (C=O) groups excluding carboxylic acids is 1. The van der Waals surface area contributed by atoms with Gasteiger partial charge in [0.1, 0.15) is 0 Å². The van der Waals surface area contributed by atoms with E-state index in [9.17, 15) is 4.79 Å². The number of nitrogens with zero attached hydrogens (tertiary/aromatic N) is 1. The third-order valence-corrected chi connectivity index (χ3v) is 4.02. The molecule has 0 aromatic carbocycles. The molecule has 0 aromatic rings. The second-order valence-electron chi connectivity index (χ2n) is 6.54. The summed E-state index contributed by atoms with van der Waals surface area (Å²) < 4.78 is 0. The van der Waals surface area contributed by atoms with Gasteiger partial charge in [-0.05, 0) is 51.7 Å². The number of carbonyl (C=O) groups is 1. The molecule has 118 valence electrons. The first-order valence-electron chi connectivity index (χ1n) is 8.26. The average Bonchev–Trinajstić information content (AvgIpc) is 2.37. The summed E-state index contributed by atoms with van der Waals surface area (Å²) in [6.07, 6.45) is 4.60. The number of hydrogen-bond donors (Lipinski definition) is 2. The molecule has 0 radical (unpaired) electrons. The molecule has 4 nitrogen and oxygen atoms in total. The molecule has 0 aromatic heterocycles. The van der Waals surface area contributed by atoms with Crippen molar-refractivity contribution in [2.75, 3.05) is 26.2 Å². The molecule has 1 rings (SSSR count). The predicted molar refractivity (Wildman–Crippen MR) is 84.8 cm³/mol. The Labute approximate surface area is 124 Å². The van der Waals surface area contributed by atoms with Crippen molar-refractivity contribution >= 4 is 5.91 Å². The zero-order valence-electron chi connectivity index (χ0n) is 13.7. The van der Waals surface area contributed by atoms with Gasteiger partial charge in [-0.25, -0.2) is 0 Å². The summed E-state index contributed by atoms with van der Waals surface area (Å²) in [7, 11) is 0. The van der Waals surface area contributed by atoms with Crippen LogP contribution in [0.1, 0.15) is 53.4 Å². The summed E-state index contributed by atoms with van der Waals surface area (Å²) in [6, 6.07) is 0.874. The molecule has 1 saturated heterocycles. The Bertz CT molecular complexity index is 273. The summed E-state index contributed by atoms with van der Waals surface area (Å²) in [5.41, 5.74) is 0. The highest BCUT2D eigenvalue weighted by Gasteiger charge is 2.21. The third kappa shape index (κ3) is 7.25. The van der Waals surface area contributed by atoms with Gasteiger partial charge in [-0.3, -0.25) is 9.69 Å². The maximum absolute atomic E-state index is 11.9. The van der Waals surface area contributed by atoms with Gasteiger partial charge in [0.05, 0.1) is 6.54 Å². The van der Waals surface area contributed by atoms with Crippen LogP contribution in [0.15, 0.2) is 0 Å². The fraction of sp³-hybridized carbons (Fsp3) is 0.938. The molecular weight excluding hydrogens is 250 g/mol. The van der Waals surface area contributed by atoms with Gasteiger partial charge in [0, 0.05) is 12.1 Å². The van der Waals surface area contributed by atoms with Crippen molar-refractivity contribution in [1.82, 2.24) is 15.5 Å². The largest absolute Gasteiger partial charge is 0.353 e. The Balaban J connectivity index is 2.16. The molecule has 1 heterocycles. The minimum Gasteiger partial charge on any atom is -0.353 e. The Kier molecular flexibility index (Phi) is 8.15. The zero-order chi connectivity index (χ0) is 15.0. The lowest BCUT2D eigenvalue weighted by molar-refractivity contribution is -0.123. The Morgan fingerprint density at radius 2 is 1.90 bits per heavy atom. The number of hydrogen-bond acceptors (Lipinski definition) is 3. The first-order valence-corrected chi connectivity index (χ1v) is 8.26. The van der Waals surface area contributed by atoms with Gasteiger partial charge in [-0.2, -0.15) is 0 Å². The highest BCUT2D eigenvalue weighted by atomic mass is 16.2. The van der Waals surface area contributed by atoms with Crippen molar-refractivity contribution in [3.63, 3.8) is 0 Å². The maximum atomic E-state index is 11.9. The number of likely N-dealkylation sites (tertiary alicyclic amines) is 1. The Hall–Kier alpha value is -0.610. The van der Waals surface area contributed by atoms with E-state index in [4.69, 9.17) is 0 Å². The van der Waals surface area contributed by atoms with Crippen LogP contribution in [0.5, 0.6) is 0 Å². The summed E-state index contributed by atoms with van der Waals surface area (Å²) in [5, 5.41) is 6.60. The summed E-state index contributed by atoms with van der Waals surface area (Å²) in [4.78, 5) is 14.2. The molecule has 0 aliphatic carbocycles. The smallest absolute Gasteiger partial charge is 0.234 e. The van der Waals surface area contributed by atoms with E-state index in [-0.39, 0.29) is 5.91 Å². The van der Waals surface area contributed by atoms with E-state index in [0.29, 0.717) is 18.6 Å². The van der Waals surface area contributed by atoms with Gasteiger partial charge in [-0.15, -0.1) is 0 Å². The molecule has 1 amide bonds. The van der Waals surface area contributed by atoms with Gasteiger partial charge < -0.3 is 10.6 Å². The van der Waals surface area contributed by atoms with Crippen LogP contribution in [0.25, 0.3) is 0 Å². The van der Waals surface area contributed by atoms with E-state index in [0.717, 1.165) is 38.4 Å². The van der Waals surface area contributed by atoms with Crippen LogP contribution in [0, 0.1) is 5.92 Å². The fourth-order valence-electron chi connectivity index (χ4n) is 2.78. The van der Waals surface area contributed by atoms with Crippen molar-refractivity contribution in [1.29, 1.82) is 0 Å². The molecule has 4 heteroatoms. The third-order valence-electron chi connectivity index (χ3n) is 4.02. The van der Waals surface area contributed by atoms with Gasteiger partial charge in [0.25, 0.3) is 0 Å². The lowest BCUT2D eigenvalue weighted by Crippen LogP contribution is -2.45. The van der Waals surface area contributed by atoms with E-state index in [1.807, 2.05) is 0 Å². The molecular formula is C16H33N3O. The van der Waals surface area contributed by atoms with Crippen LogP contribution in [0.2, 0.25) is 0 Å². The zero-order valence-corrected chi connectivity index (χ0v) is 13.7. The van der Waals surface area contributed by atoms with Crippen molar-refractivity contribution < 1.29 is 4.79 Å². The van der Waals surface area contributed by atoms with Crippen LogP contribution in [-0.2, 0) is 4.79 Å². The molecule has 1 atom stereocenters. The molecule has 0 bridgehead atoms. The number of rotatable bonds is 8. The lowest BCUT2D eigenvalue weighted by Gasteiger charge is -2.32. The highest BCUT2D eigenvalue weighted by molar-refractivity contribution is 5.78. The van der Waals surface area contributed by atoms with Crippen LogP contribution in [0.3, 0.4) is 0 Å². The van der Waals surface area contributed by atoms with Crippen molar-refractivity contribution in [3.05, 3.63) is 0 Å². The second-order valence-corrected chi connectivity index (χ2v) is 6.54. The fourth-order valence-corrected chi connectivity index (χ4v) is 2.78. The van der Waals surface area contributed by atoms with Crippen LogP contribution in [0.4, 0.5) is 0 Å². The van der Waals surface area contributed by atoms with Gasteiger partial charge >= 0.3 is 0 Å². The molecule has 0 spiro atoms. The average molecular weight is 283 g/mol. The molecule has 1 aliphatic rings. The molecule has 1 aliphatic heterocycles. The van der Waals surface area contributed by atoms with Crippen molar-refractivity contribution in [3.8, 4) is 0 Å². The van der Waals surface area contributed by atoms with Crippen LogP contribution < -0.4 is 10.6 Å². The van der Waals surface area contributed by atoms with Crippen molar-refractivity contribution in [2.45, 2.75) is 65.5 Å². The maximum Gasteiger partial charge on any atom is 0.234 e. The quantitative estimate of drug-likeness (QED) is 0.716. The van der Waals surface area contributed by atoms with Gasteiger partial charge in [0.2, 0.25) is 5.91 Å². The monoisotopic (exact) mass is 283 g/mol. The SMILES string of the molecule is CCCC(C)NC(=O)CN1CCC(CNC(C)C)CC1. The molecule has 1 unspecified atom stereocenters. The van der Waals surface area contributed by atoms with Gasteiger partial charge in [0.15, 0.2) is 0 Å². The minimum absolute atomic E-state index is 0.185. The highest BCUT2D eigenvalue weighted by Crippen LogP contribution is 2.16. The lowest BCUT2D eigenvalue weighted by atomic mass is 9.96. The normalized spacial score (nSPS) is 19.2. The van der Waals surface area contributed by atoms with E-state index in [1.54, 1.807) is 0 Å². The predicted octanol–water partition coefficient (Wildman–Crippen LogP) is 2.00. The first-order chi connectivity index (χ1) is 9.51. The summed E-state index contributed by atoms with van der Waals surface area (Å²) >= 11 is 0. The first kappa shape index (κ1) is 17.4. The number of piperidine rings is 1. The Morgan fingerprint density at radius 1 is 1.25 bits per heavy atom. The number of amides is 1. The Morgan fingerprint density at radius 3 is 2.45 bits per heavy atom. The number of nitrogens with one attached hydrogen (secondary N) is 2. The van der Waals surface area contributed by atoms with E-state index in [2.05, 4.69) is 43.2 Å². The van der Waals surface area contributed by atoms with E-state index < -0.39 is 0 Å². The topological polar surface area (TPSA) is 44.4 Å². The standard InChI is InChI=1S/C16H33N3O/c1-5-6-14(4)18-16(20)12-19-9-7-15(8-10-19)11-17-13(2)3/h13-15,17H,5-12H2,1-4H3,(H,18,20). The summed E-state index contributed by atoms with van der Waals surface area (Å²) in [5.74, 6) is 0.959. The summed E-state index contributed by atoms with van der Waals surface area (Å²) in [6.45, 7) is 12.4. The molecule has 2 N–H and O–H groups in total. The second kappa shape index (κ2) is 9.35. The van der Waals surface area contributed by atoms with Crippen LogP contribution in [-0.4, -0.2) is 49.1 Å². The van der Waals surface area contributed by atoms with Crippen LogP contribution >= 0.6 is 0 Å². The molecule has 1 fully saturated rings. The minimum atomic E-state index is 0.185. The molecule has 0 saturated carbocycles. The van der Waals surface area contributed by atoms with Gasteiger partial charge in [-0.1, -0.05) is 27.2 Å². The molecule has 20 heavy (non-hydrogen) atoms. The van der Waals surface area contributed by atoms with E-state index in [1.165, 1.54) is 12.8 Å². The van der Waals surface area contributed by atoms with E-state index >= 15 is 0 Å².